The number of aliphatic carboxylic acids is 1. The fraction of sp³-hybridized carbons (Fsp3) is 0.957. The number of hydrogen-bond acceptors (Lipinski definition) is 3. The van der Waals surface area contributed by atoms with E-state index in [0.29, 0.717) is 6.54 Å². The van der Waals surface area contributed by atoms with Gasteiger partial charge in [0.15, 0.2) is 0 Å². The van der Waals surface area contributed by atoms with E-state index in [-0.39, 0.29) is 47.6 Å². The van der Waals surface area contributed by atoms with Gasteiger partial charge in [-0.05, 0) is 6.42 Å². The SMILES string of the molecule is CCC(=O)O.CCCCCCCCCCCCCCCCCCC(O)CN.O.[NaH]. The van der Waals surface area contributed by atoms with E-state index < -0.39 is 5.97 Å². The molecule has 29 heavy (non-hydrogen) atoms. The number of aliphatic hydroxyl groups is 1. The van der Waals surface area contributed by atoms with Crippen LogP contribution < -0.4 is 5.73 Å². The van der Waals surface area contributed by atoms with Gasteiger partial charge in [0.1, 0.15) is 0 Å². The van der Waals surface area contributed by atoms with Crippen molar-refractivity contribution in [1.82, 2.24) is 0 Å². The second-order valence-electron chi connectivity index (χ2n) is 7.73. The molecule has 174 valence electrons. The summed E-state index contributed by atoms with van der Waals surface area (Å²) in [5, 5.41) is 17.1. The molecule has 6 heteroatoms. The summed E-state index contributed by atoms with van der Waals surface area (Å²) in [5.41, 5.74) is 5.39. The van der Waals surface area contributed by atoms with Crippen LogP contribution in [0.25, 0.3) is 0 Å². The first kappa shape index (κ1) is 36.7. The van der Waals surface area contributed by atoms with E-state index in [9.17, 15) is 9.90 Å². The van der Waals surface area contributed by atoms with Gasteiger partial charge in [0.2, 0.25) is 0 Å². The zero-order valence-corrected chi connectivity index (χ0v) is 18.9. The van der Waals surface area contributed by atoms with E-state index in [2.05, 4.69) is 6.92 Å². The summed E-state index contributed by atoms with van der Waals surface area (Å²) in [7, 11) is 0. The number of nitrogens with two attached hydrogens (primary N) is 1. The maximum absolute atomic E-state index is 9.37. The maximum atomic E-state index is 9.37. The number of hydrogen-bond donors (Lipinski definition) is 3. The first-order chi connectivity index (χ1) is 13.1. The van der Waals surface area contributed by atoms with Crippen LogP contribution in [0, 0.1) is 0 Å². The van der Waals surface area contributed by atoms with Gasteiger partial charge in [0.05, 0.1) is 6.10 Å². The number of rotatable bonds is 19. The minimum atomic E-state index is -0.745. The first-order valence-corrected chi connectivity index (χ1v) is 11.7. The molecule has 0 fully saturated rings. The van der Waals surface area contributed by atoms with E-state index in [1.807, 2.05) is 0 Å². The van der Waals surface area contributed by atoms with Gasteiger partial charge in [-0.1, -0.05) is 117 Å². The molecule has 1 atom stereocenters. The quantitative estimate of drug-likeness (QED) is 0.199. The molecule has 0 aliphatic heterocycles. The summed E-state index contributed by atoms with van der Waals surface area (Å²) >= 11 is 0. The third-order valence-electron chi connectivity index (χ3n) is 4.97. The Morgan fingerprint density at radius 3 is 1.24 bits per heavy atom. The molecule has 0 saturated heterocycles. The summed E-state index contributed by atoms with van der Waals surface area (Å²) in [4.78, 5) is 9.37. The summed E-state index contributed by atoms with van der Waals surface area (Å²) in [6, 6.07) is 0. The van der Waals surface area contributed by atoms with E-state index in [0.717, 1.165) is 12.8 Å². The first-order valence-electron chi connectivity index (χ1n) is 11.7. The van der Waals surface area contributed by atoms with Crippen LogP contribution in [0.4, 0.5) is 0 Å². The van der Waals surface area contributed by atoms with Crippen molar-refractivity contribution >= 4 is 35.5 Å². The van der Waals surface area contributed by atoms with Crippen LogP contribution in [-0.4, -0.2) is 63.9 Å². The van der Waals surface area contributed by atoms with Crippen molar-refractivity contribution in [3.05, 3.63) is 0 Å². The van der Waals surface area contributed by atoms with Crippen LogP contribution in [-0.2, 0) is 4.79 Å². The number of aliphatic hydroxyl groups excluding tert-OH is 1. The van der Waals surface area contributed by atoms with Gasteiger partial charge in [0, 0.05) is 13.0 Å². The third-order valence-corrected chi connectivity index (χ3v) is 4.97. The van der Waals surface area contributed by atoms with E-state index >= 15 is 0 Å². The third kappa shape index (κ3) is 39.4. The second-order valence-corrected chi connectivity index (χ2v) is 7.73. The van der Waals surface area contributed by atoms with Crippen molar-refractivity contribution < 1.29 is 20.5 Å². The average Bonchev–Trinajstić information content (AvgIpc) is 2.67. The fourth-order valence-electron chi connectivity index (χ4n) is 3.05. The molecule has 0 aromatic rings. The number of carboxylic acid groups (broad SMARTS) is 1. The molecule has 0 amide bonds. The van der Waals surface area contributed by atoms with Gasteiger partial charge in [0.25, 0.3) is 0 Å². The Balaban J connectivity index is -0.000000396. The van der Waals surface area contributed by atoms with E-state index in [4.69, 9.17) is 10.8 Å². The fourth-order valence-corrected chi connectivity index (χ4v) is 3.05. The molecule has 0 saturated carbocycles. The van der Waals surface area contributed by atoms with Gasteiger partial charge < -0.3 is 21.4 Å². The summed E-state index contributed by atoms with van der Waals surface area (Å²) < 4.78 is 0. The molecule has 0 radical (unpaired) electrons. The summed E-state index contributed by atoms with van der Waals surface area (Å²) in [5.74, 6) is -0.745. The van der Waals surface area contributed by atoms with Crippen LogP contribution in [0.15, 0.2) is 0 Å². The van der Waals surface area contributed by atoms with Crippen molar-refractivity contribution in [2.75, 3.05) is 6.54 Å². The van der Waals surface area contributed by atoms with Gasteiger partial charge >= 0.3 is 35.5 Å². The zero-order chi connectivity index (χ0) is 20.6. The van der Waals surface area contributed by atoms with Gasteiger partial charge in [-0.2, -0.15) is 0 Å². The van der Waals surface area contributed by atoms with Crippen LogP contribution in [0.3, 0.4) is 0 Å². The van der Waals surface area contributed by atoms with Crippen LogP contribution in [0.2, 0.25) is 0 Å². The van der Waals surface area contributed by atoms with Gasteiger partial charge in [-0.15, -0.1) is 0 Å². The Labute approximate surface area is 203 Å². The summed E-state index contributed by atoms with van der Waals surface area (Å²) in [6.07, 6.45) is 23.1. The standard InChI is InChI=1S/C20H43NO.C3H6O2.Na.H2O.H/c1-2-3-4-5-6-7-8-9-10-11-12-13-14-15-16-17-18-20(22)19-21;1-2-3(4)5;;;/h20,22H,2-19,21H2,1H3;2H2,1H3,(H,4,5);;1H2;. The topological polar surface area (TPSA) is 115 Å². The van der Waals surface area contributed by atoms with Crippen LogP contribution >= 0.6 is 0 Å². The van der Waals surface area contributed by atoms with Crippen LogP contribution in [0.5, 0.6) is 0 Å². The van der Waals surface area contributed by atoms with Crippen molar-refractivity contribution in [3.63, 3.8) is 0 Å². The van der Waals surface area contributed by atoms with E-state index in [1.54, 1.807) is 6.92 Å². The second kappa shape index (κ2) is 33.0. The molecule has 0 aliphatic rings. The predicted molar refractivity (Wildman–Crippen MR) is 128 cm³/mol. The Bertz CT molecular complexity index is 294. The Morgan fingerprint density at radius 1 is 0.724 bits per heavy atom. The number of unbranched alkanes of at least 4 members (excludes halogenated alkanes) is 15. The number of carbonyl (C=O) groups is 1. The minimum absolute atomic E-state index is 0. The Hall–Kier alpha value is 0.350. The molecule has 0 heterocycles. The molecule has 0 aliphatic carbocycles. The zero-order valence-electron chi connectivity index (χ0n) is 18.9. The molecule has 1 unspecified atom stereocenters. The van der Waals surface area contributed by atoms with Crippen molar-refractivity contribution in [1.29, 1.82) is 0 Å². The monoisotopic (exact) mass is 429 g/mol. The van der Waals surface area contributed by atoms with Crippen molar-refractivity contribution in [3.8, 4) is 0 Å². The van der Waals surface area contributed by atoms with E-state index in [1.165, 1.54) is 96.3 Å². The van der Waals surface area contributed by atoms with Gasteiger partial charge in [-0.25, -0.2) is 0 Å². The van der Waals surface area contributed by atoms with Crippen molar-refractivity contribution in [2.45, 2.75) is 136 Å². The molecular formula is C23H52NNaO4. The molecule has 5 nitrogen and oxygen atoms in total. The summed E-state index contributed by atoms with van der Waals surface area (Å²) in [6.45, 7) is 4.30. The Kier molecular flexibility index (Phi) is 41.8. The van der Waals surface area contributed by atoms with Gasteiger partial charge in [-0.3, -0.25) is 4.79 Å². The molecule has 0 aromatic heterocycles. The molecule has 0 aromatic carbocycles. The molecule has 0 spiro atoms. The molecule has 0 rings (SSSR count). The Morgan fingerprint density at radius 2 is 1.00 bits per heavy atom. The number of carboxylic acids is 1. The van der Waals surface area contributed by atoms with Crippen LogP contribution in [0.1, 0.15) is 129 Å². The van der Waals surface area contributed by atoms with Crippen molar-refractivity contribution in [2.24, 2.45) is 5.73 Å². The normalized spacial score (nSPS) is 10.9. The molecule has 6 N–H and O–H groups in total. The average molecular weight is 430 g/mol. The predicted octanol–water partition coefficient (Wildman–Crippen LogP) is 4.97. The molecular weight excluding hydrogens is 377 g/mol. The molecule has 0 bridgehead atoms.